The van der Waals surface area contributed by atoms with E-state index in [1.807, 2.05) is 24.3 Å². The van der Waals surface area contributed by atoms with Crippen molar-refractivity contribution in [1.82, 2.24) is 15.5 Å². The number of ether oxygens (including phenoxy) is 1. The highest BCUT2D eigenvalue weighted by atomic mass is 32.2. The van der Waals surface area contributed by atoms with Crippen LogP contribution in [0.4, 0.5) is 4.79 Å². The van der Waals surface area contributed by atoms with Crippen molar-refractivity contribution in [2.45, 2.75) is 31.3 Å². The highest BCUT2D eigenvalue weighted by Gasteiger charge is 2.29. The van der Waals surface area contributed by atoms with Crippen LogP contribution in [0.15, 0.2) is 24.3 Å². The zero-order chi connectivity index (χ0) is 18.6. The SMILES string of the molecule is COc1ccc([C@@H](CNC(=O)N[C@@H]2CCS(=O)(=O)C2)N2CCCC2)cc1. The van der Waals surface area contributed by atoms with Crippen molar-refractivity contribution in [2.24, 2.45) is 0 Å². The van der Waals surface area contributed by atoms with E-state index in [2.05, 4.69) is 15.5 Å². The van der Waals surface area contributed by atoms with Crippen molar-refractivity contribution < 1.29 is 17.9 Å². The second-order valence-corrected chi connectivity index (χ2v) is 9.22. The van der Waals surface area contributed by atoms with Crippen LogP contribution in [0, 0.1) is 0 Å². The summed E-state index contributed by atoms with van der Waals surface area (Å²) in [6.07, 6.45) is 2.82. The molecule has 1 aromatic carbocycles. The molecule has 2 aliphatic rings. The van der Waals surface area contributed by atoms with Crippen LogP contribution in [0.25, 0.3) is 0 Å². The number of amides is 2. The van der Waals surface area contributed by atoms with E-state index in [0.717, 1.165) is 24.4 Å². The first-order valence-electron chi connectivity index (χ1n) is 9.09. The molecule has 0 bridgehead atoms. The van der Waals surface area contributed by atoms with Gasteiger partial charge in [-0.25, -0.2) is 13.2 Å². The monoisotopic (exact) mass is 381 g/mol. The Balaban J connectivity index is 1.59. The number of sulfone groups is 1. The molecule has 0 spiro atoms. The van der Waals surface area contributed by atoms with Gasteiger partial charge < -0.3 is 15.4 Å². The highest BCUT2D eigenvalue weighted by molar-refractivity contribution is 7.91. The lowest BCUT2D eigenvalue weighted by molar-refractivity contribution is 0.219. The van der Waals surface area contributed by atoms with E-state index >= 15 is 0 Å². The lowest BCUT2D eigenvalue weighted by Crippen LogP contribution is -2.45. The molecule has 26 heavy (non-hydrogen) atoms. The van der Waals surface area contributed by atoms with Crippen LogP contribution in [0.5, 0.6) is 5.75 Å². The van der Waals surface area contributed by atoms with Gasteiger partial charge in [-0.2, -0.15) is 0 Å². The lowest BCUT2D eigenvalue weighted by Gasteiger charge is -2.28. The molecule has 3 rings (SSSR count). The second kappa shape index (κ2) is 8.26. The van der Waals surface area contributed by atoms with Gasteiger partial charge in [0.2, 0.25) is 0 Å². The Labute approximate surface area is 155 Å². The highest BCUT2D eigenvalue weighted by Crippen LogP contribution is 2.26. The summed E-state index contributed by atoms with van der Waals surface area (Å²) in [6.45, 7) is 2.51. The minimum absolute atomic E-state index is 0.0362. The number of nitrogens with one attached hydrogen (secondary N) is 2. The average Bonchev–Trinajstić information content (AvgIpc) is 3.25. The van der Waals surface area contributed by atoms with Crippen LogP contribution in [0.2, 0.25) is 0 Å². The van der Waals surface area contributed by atoms with Crippen LogP contribution < -0.4 is 15.4 Å². The maximum atomic E-state index is 12.2. The molecule has 1 aromatic rings. The molecule has 0 radical (unpaired) electrons. The summed E-state index contributed by atoms with van der Waals surface area (Å²) in [7, 11) is -1.36. The molecule has 7 nitrogen and oxygen atoms in total. The average molecular weight is 381 g/mol. The first kappa shape index (κ1) is 19.0. The number of nitrogens with zero attached hydrogens (tertiary/aromatic N) is 1. The van der Waals surface area contributed by atoms with Crippen molar-refractivity contribution in [1.29, 1.82) is 0 Å². The van der Waals surface area contributed by atoms with Gasteiger partial charge in [0.15, 0.2) is 9.84 Å². The molecule has 2 N–H and O–H groups in total. The number of hydrogen-bond donors (Lipinski definition) is 2. The van der Waals surface area contributed by atoms with Crippen molar-refractivity contribution in [2.75, 3.05) is 38.2 Å². The molecule has 2 fully saturated rings. The third-order valence-electron chi connectivity index (χ3n) is 5.11. The van der Waals surface area contributed by atoms with E-state index in [1.54, 1.807) is 7.11 Å². The van der Waals surface area contributed by atoms with Gasteiger partial charge in [-0.15, -0.1) is 0 Å². The molecule has 0 aliphatic carbocycles. The number of rotatable bonds is 6. The Morgan fingerprint density at radius 2 is 1.96 bits per heavy atom. The maximum Gasteiger partial charge on any atom is 0.315 e. The van der Waals surface area contributed by atoms with Gasteiger partial charge in [-0.3, -0.25) is 4.90 Å². The van der Waals surface area contributed by atoms with Gasteiger partial charge in [-0.05, 0) is 50.0 Å². The molecular weight excluding hydrogens is 354 g/mol. The van der Waals surface area contributed by atoms with Crippen molar-refractivity contribution in [3.05, 3.63) is 29.8 Å². The Morgan fingerprint density at radius 3 is 2.54 bits per heavy atom. The van der Waals surface area contributed by atoms with Gasteiger partial charge in [-0.1, -0.05) is 12.1 Å². The summed E-state index contributed by atoms with van der Waals surface area (Å²) in [6, 6.07) is 7.44. The quantitative estimate of drug-likeness (QED) is 0.776. The summed E-state index contributed by atoms with van der Waals surface area (Å²) in [5, 5.41) is 5.71. The fraction of sp³-hybridized carbons (Fsp3) is 0.611. The number of urea groups is 1. The van der Waals surface area contributed by atoms with Crippen molar-refractivity contribution in [3.63, 3.8) is 0 Å². The van der Waals surface area contributed by atoms with Gasteiger partial charge in [0.25, 0.3) is 0 Å². The van der Waals surface area contributed by atoms with Crippen LogP contribution >= 0.6 is 0 Å². The van der Waals surface area contributed by atoms with E-state index in [9.17, 15) is 13.2 Å². The Bertz CT molecular complexity index is 714. The summed E-state index contributed by atoms with van der Waals surface area (Å²) >= 11 is 0. The number of methoxy groups -OCH3 is 1. The van der Waals surface area contributed by atoms with E-state index in [1.165, 1.54) is 12.8 Å². The zero-order valence-corrected chi connectivity index (χ0v) is 15.9. The number of carbonyl (C=O) groups excluding carboxylic acids is 1. The van der Waals surface area contributed by atoms with E-state index in [-0.39, 0.29) is 29.6 Å². The number of hydrogen-bond acceptors (Lipinski definition) is 5. The summed E-state index contributed by atoms with van der Waals surface area (Å²) < 4.78 is 28.2. The largest absolute Gasteiger partial charge is 0.497 e. The van der Waals surface area contributed by atoms with Crippen LogP contribution in [0.1, 0.15) is 30.9 Å². The molecule has 2 saturated heterocycles. The maximum absolute atomic E-state index is 12.2. The van der Waals surface area contributed by atoms with E-state index < -0.39 is 9.84 Å². The molecule has 2 amide bonds. The normalized spacial score (nSPS) is 23.5. The molecular formula is C18H27N3O4S. The van der Waals surface area contributed by atoms with E-state index in [0.29, 0.717) is 13.0 Å². The Morgan fingerprint density at radius 1 is 1.27 bits per heavy atom. The smallest absolute Gasteiger partial charge is 0.315 e. The molecule has 144 valence electrons. The Kier molecular flexibility index (Phi) is 6.03. The molecule has 2 heterocycles. The van der Waals surface area contributed by atoms with Gasteiger partial charge in [0.1, 0.15) is 5.75 Å². The minimum Gasteiger partial charge on any atom is -0.497 e. The van der Waals surface area contributed by atoms with Crippen molar-refractivity contribution >= 4 is 15.9 Å². The molecule has 2 aliphatic heterocycles. The predicted molar refractivity (Wildman–Crippen MR) is 100 cm³/mol. The second-order valence-electron chi connectivity index (χ2n) is 6.99. The van der Waals surface area contributed by atoms with Crippen LogP contribution in [-0.2, 0) is 9.84 Å². The first-order chi connectivity index (χ1) is 12.5. The van der Waals surface area contributed by atoms with Crippen LogP contribution in [-0.4, -0.2) is 63.6 Å². The fourth-order valence-corrected chi connectivity index (χ4v) is 5.35. The zero-order valence-electron chi connectivity index (χ0n) is 15.1. The lowest BCUT2D eigenvalue weighted by atomic mass is 10.1. The summed E-state index contributed by atoms with van der Waals surface area (Å²) in [5.74, 6) is 0.997. The molecule has 0 aromatic heterocycles. The number of likely N-dealkylation sites (tertiary alicyclic amines) is 1. The number of carbonyl (C=O) groups is 1. The molecule has 0 unspecified atom stereocenters. The Hall–Kier alpha value is -1.80. The van der Waals surface area contributed by atoms with Gasteiger partial charge >= 0.3 is 6.03 Å². The third kappa shape index (κ3) is 4.88. The minimum atomic E-state index is -3.00. The first-order valence-corrected chi connectivity index (χ1v) is 10.9. The topological polar surface area (TPSA) is 87.7 Å². The number of benzene rings is 1. The van der Waals surface area contributed by atoms with Gasteiger partial charge in [0.05, 0.1) is 24.7 Å². The predicted octanol–water partition coefficient (Wildman–Crippen LogP) is 1.32. The van der Waals surface area contributed by atoms with E-state index in [4.69, 9.17) is 4.74 Å². The summed E-state index contributed by atoms with van der Waals surface area (Å²) in [5.41, 5.74) is 1.14. The molecule has 8 heteroatoms. The molecule has 0 saturated carbocycles. The fourth-order valence-electron chi connectivity index (χ4n) is 3.67. The summed E-state index contributed by atoms with van der Waals surface area (Å²) in [4.78, 5) is 14.6. The standard InChI is InChI=1S/C18H27N3O4S/c1-25-16-6-4-14(5-7-16)17(21-9-2-3-10-21)12-19-18(22)20-15-8-11-26(23,24)13-15/h4-7,15,17H,2-3,8-13H2,1H3,(H2,19,20,22)/t15-,17-/m1/s1. The molecule has 2 atom stereocenters. The third-order valence-corrected chi connectivity index (χ3v) is 6.87. The van der Waals surface area contributed by atoms with Gasteiger partial charge in [0, 0.05) is 12.6 Å². The van der Waals surface area contributed by atoms with Crippen LogP contribution in [0.3, 0.4) is 0 Å². The van der Waals surface area contributed by atoms with Crippen molar-refractivity contribution in [3.8, 4) is 5.75 Å².